The van der Waals surface area contributed by atoms with Crippen molar-refractivity contribution in [1.29, 1.82) is 0 Å². The van der Waals surface area contributed by atoms with Gasteiger partial charge in [-0.1, -0.05) is 6.42 Å². The molecular formula is C29H43N5O4. The lowest BCUT2D eigenvalue weighted by atomic mass is 9.80. The number of methoxy groups -OCH3 is 1. The molecule has 0 bridgehead atoms. The fourth-order valence-corrected chi connectivity index (χ4v) is 6.33. The summed E-state index contributed by atoms with van der Waals surface area (Å²) in [5, 5.41) is 7.29. The minimum absolute atomic E-state index is 0.00171. The Balaban J connectivity index is 1.13. The fourth-order valence-electron chi connectivity index (χ4n) is 6.33. The number of carbonyl (C=O) groups excluding carboxylic acids is 1. The van der Waals surface area contributed by atoms with Crippen LogP contribution < -0.4 is 10.6 Å². The number of anilines is 1. The van der Waals surface area contributed by atoms with Gasteiger partial charge in [-0.3, -0.25) is 4.79 Å². The number of nitrogens with one attached hydrogen (secondary N) is 2. The summed E-state index contributed by atoms with van der Waals surface area (Å²) in [5.74, 6) is 3.89. The number of aryl methyl sites for hydroxylation is 1. The first-order valence-electron chi connectivity index (χ1n) is 14.3. The molecule has 0 spiro atoms. The molecule has 0 radical (unpaired) electrons. The number of likely N-dealkylation sites (tertiary alicyclic amines) is 1. The van der Waals surface area contributed by atoms with Gasteiger partial charge in [0.25, 0.3) is 5.91 Å². The largest absolute Gasteiger partial charge is 0.466 e. The SMILES string of the molecule is COC1COCCC1NC1CCN(C(=O)c2ncnc(NCC3CCCC(c4ccc(C)o4)C3)c2C)CC1. The van der Waals surface area contributed by atoms with E-state index in [9.17, 15) is 4.79 Å². The van der Waals surface area contributed by atoms with Gasteiger partial charge in [0, 0.05) is 56.9 Å². The molecule has 38 heavy (non-hydrogen) atoms. The first-order chi connectivity index (χ1) is 18.5. The number of hydrogen-bond acceptors (Lipinski definition) is 8. The van der Waals surface area contributed by atoms with Crippen LogP contribution in [0.5, 0.6) is 0 Å². The standard InChI is InChI=1S/C29H43N5O4/c1-19-7-8-25(38-19)22-6-4-5-21(15-22)16-30-28-20(2)27(31-18-32-28)29(35)34-12-9-23(10-13-34)33-24-11-14-37-17-26(24)36-3/h7-8,18,21-24,26,33H,4-6,9-17H2,1-3H3,(H,30,31,32). The van der Waals surface area contributed by atoms with E-state index in [-0.39, 0.29) is 12.0 Å². The van der Waals surface area contributed by atoms with E-state index in [2.05, 4.69) is 32.7 Å². The van der Waals surface area contributed by atoms with Crippen LogP contribution in [0, 0.1) is 19.8 Å². The molecule has 4 atom stereocenters. The van der Waals surface area contributed by atoms with Crippen LogP contribution in [0.25, 0.3) is 0 Å². The van der Waals surface area contributed by atoms with Gasteiger partial charge in [-0.25, -0.2) is 9.97 Å². The van der Waals surface area contributed by atoms with E-state index in [0.717, 1.165) is 74.8 Å². The molecule has 4 heterocycles. The summed E-state index contributed by atoms with van der Waals surface area (Å²) in [6, 6.07) is 4.87. The molecule has 3 aliphatic rings. The van der Waals surface area contributed by atoms with E-state index in [0.29, 0.717) is 36.2 Å². The smallest absolute Gasteiger partial charge is 0.272 e. The first-order valence-corrected chi connectivity index (χ1v) is 14.3. The monoisotopic (exact) mass is 525 g/mol. The van der Waals surface area contributed by atoms with Crippen molar-refractivity contribution in [1.82, 2.24) is 20.2 Å². The van der Waals surface area contributed by atoms with Gasteiger partial charge >= 0.3 is 0 Å². The highest BCUT2D eigenvalue weighted by Crippen LogP contribution is 2.37. The highest BCUT2D eigenvalue weighted by Gasteiger charge is 2.31. The van der Waals surface area contributed by atoms with Gasteiger partial charge in [0.15, 0.2) is 0 Å². The highest BCUT2D eigenvalue weighted by atomic mass is 16.5. The van der Waals surface area contributed by atoms with Crippen LogP contribution in [0.15, 0.2) is 22.9 Å². The molecule has 1 amide bonds. The van der Waals surface area contributed by atoms with Gasteiger partial charge in [0.05, 0.1) is 12.7 Å². The third kappa shape index (κ3) is 6.38. The van der Waals surface area contributed by atoms with E-state index in [4.69, 9.17) is 13.9 Å². The van der Waals surface area contributed by atoms with Crippen LogP contribution in [-0.2, 0) is 9.47 Å². The predicted octanol–water partition coefficient (Wildman–Crippen LogP) is 4.07. The van der Waals surface area contributed by atoms with Crippen molar-refractivity contribution in [2.24, 2.45) is 5.92 Å². The molecule has 1 saturated carbocycles. The van der Waals surface area contributed by atoms with Crippen LogP contribution in [0.3, 0.4) is 0 Å². The molecule has 9 heteroatoms. The van der Waals surface area contributed by atoms with Crippen LogP contribution in [0.4, 0.5) is 5.82 Å². The number of carbonyl (C=O) groups is 1. The Morgan fingerprint density at radius 2 is 1.97 bits per heavy atom. The van der Waals surface area contributed by atoms with E-state index >= 15 is 0 Å². The molecule has 2 aromatic heterocycles. The Morgan fingerprint density at radius 3 is 2.74 bits per heavy atom. The van der Waals surface area contributed by atoms with E-state index < -0.39 is 0 Å². The lowest BCUT2D eigenvalue weighted by molar-refractivity contribution is -0.0533. The van der Waals surface area contributed by atoms with E-state index in [1.807, 2.05) is 18.7 Å². The molecule has 2 aliphatic heterocycles. The summed E-state index contributed by atoms with van der Waals surface area (Å²) in [6.07, 6.45) is 9.10. The predicted molar refractivity (Wildman–Crippen MR) is 145 cm³/mol. The van der Waals surface area contributed by atoms with Crippen molar-refractivity contribution in [3.63, 3.8) is 0 Å². The quantitative estimate of drug-likeness (QED) is 0.532. The fraction of sp³-hybridized carbons (Fsp3) is 0.690. The maximum atomic E-state index is 13.4. The summed E-state index contributed by atoms with van der Waals surface area (Å²) >= 11 is 0. The number of aromatic nitrogens is 2. The van der Waals surface area contributed by atoms with Crippen molar-refractivity contribution in [3.8, 4) is 0 Å². The second kappa shape index (κ2) is 12.6. The zero-order valence-corrected chi connectivity index (χ0v) is 23.1. The zero-order valence-electron chi connectivity index (χ0n) is 23.1. The number of furan rings is 1. The first kappa shape index (κ1) is 27.1. The van der Waals surface area contributed by atoms with Gasteiger partial charge in [-0.2, -0.15) is 0 Å². The van der Waals surface area contributed by atoms with Crippen molar-refractivity contribution in [3.05, 3.63) is 41.2 Å². The molecule has 208 valence electrons. The lowest BCUT2D eigenvalue weighted by Gasteiger charge is -2.38. The second-order valence-electron chi connectivity index (χ2n) is 11.2. The maximum absolute atomic E-state index is 13.4. The van der Waals surface area contributed by atoms with E-state index in [1.165, 1.54) is 25.6 Å². The number of rotatable bonds is 8. The molecule has 2 aromatic rings. The molecule has 9 nitrogen and oxygen atoms in total. The topological polar surface area (TPSA) is 102 Å². The molecular weight excluding hydrogens is 482 g/mol. The minimum Gasteiger partial charge on any atom is -0.466 e. The number of hydrogen-bond donors (Lipinski definition) is 2. The molecule has 2 saturated heterocycles. The third-order valence-electron chi connectivity index (χ3n) is 8.63. The second-order valence-corrected chi connectivity index (χ2v) is 11.2. The highest BCUT2D eigenvalue weighted by molar-refractivity contribution is 5.94. The van der Waals surface area contributed by atoms with Crippen molar-refractivity contribution in [2.75, 3.05) is 45.3 Å². The Labute approximate surface area is 226 Å². The third-order valence-corrected chi connectivity index (χ3v) is 8.63. The van der Waals surface area contributed by atoms with Crippen LogP contribution in [0.2, 0.25) is 0 Å². The average molecular weight is 526 g/mol. The molecule has 2 N–H and O–H groups in total. The molecule has 5 rings (SSSR count). The van der Waals surface area contributed by atoms with Crippen LogP contribution in [0.1, 0.15) is 78.4 Å². The Hall–Kier alpha value is -2.49. The molecule has 4 unspecified atom stereocenters. The summed E-state index contributed by atoms with van der Waals surface area (Å²) < 4.78 is 17.1. The van der Waals surface area contributed by atoms with Gasteiger partial charge in [0.1, 0.15) is 29.4 Å². The van der Waals surface area contributed by atoms with Crippen molar-refractivity contribution < 1.29 is 18.7 Å². The summed E-state index contributed by atoms with van der Waals surface area (Å²) in [7, 11) is 1.75. The van der Waals surface area contributed by atoms with Gasteiger partial charge in [0.2, 0.25) is 0 Å². The van der Waals surface area contributed by atoms with Crippen LogP contribution >= 0.6 is 0 Å². The summed E-state index contributed by atoms with van der Waals surface area (Å²) in [6.45, 7) is 7.65. The van der Waals surface area contributed by atoms with Crippen LogP contribution in [-0.4, -0.2) is 78.9 Å². The van der Waals surface area contributed by atoms with Gasteiger partial charge in [-0.15, -0.1) is 0 Å². The van der Waals surface area contributed by atoms with Crippen molar-refractivity contribution in [2.45, 2.75) is 82.9 Å². The minimum atomic E-state index is -0.00171. The zero-order chi connectivity index (χ0) is 26.5. The molecule has 1 aliphatic carbocycles. The van der Waals surface area contributed by atoms with Gasteiger partial charge in [-0.05, 0) is 70.4 Å². The Bertz CT molecular complexity index is 1070. The normalized spacial score (nSPS) is 26.9. The Kier molecular flexibility index (Phi) is 8.97. The number of piperidine rings is 1. The molecule has 3 fully saturated rings. The Morgan fingerprint density at radius 1 is 1.13 bits per heavy atom. The van der Waals surface area contributed by atoms with Crippen molar-refractivity contribution >= 4 is 11.7 Å². The number of amides is 1. The molecule has 0 aromatic carbocycles. The van der Waals surface area contributed by atoms with Gasteiger partial charge < -0.3 is 29.4 Å². The average Bonchev–Trinajstić information content (AvgIpc) is 3.39. The maximum Gasteiger partial charge on any atom is 0.272 e. The number of ether oxygens (including phenoxy) is 2. The summed E-state index contributed by atoms with van der Waals surface area (Å²) in [4.78, 5) is 24.2. The lowest BCUT2D eigenvalue weighted by Crippen LogP contribution is -2.54. The summed E-state index contributed by atoms with van der Waals surface area (Å²) in [5.41, 5.74) is 1.34. The number of nitrogens with zero attached hydrogens (tertiary/aromatic N) is 3. The van der Waals surface area contributed by atoms with E-state index in [1.54, 1.807) is 7.11 Å².